The van der Waals surface area contributed by atoms with Crippen LogP contribution in [0.4, 0.5) is 0 Å². The lowest BCUT2D eigenvalue weighted by molar-refractivity contribution is -0.143. The van der Waals surface area contributed by atoms with Gasteiger partial charge in [-0.05, 0) is 48.2 Å². The summed E-state index contributed by atoms with van der Waals surface area (Å²) in [5, 5.41) is 3.82. The van der Waals surface area contributed by atoms with E-state index in [1.165, 1.54) is 0 Å². The van der Waals surface area contributed by atoms with Gasteiger partial charge in [-0.3, -0.25) is 9.59 Å². The zero-order valence-electron chi connectivity index (χ0n) is 21.1. The van der Waals surface area contributed by atoms with Gasteiger partial charge in [0.05, 0.1) is 7.11 Å². The summed E-state index contributed by atoms with van der Waals surface area (Å²) in [6.07, 6.45) is 4.54. The molecule has 0 bridgehead atoms. The summed E-state index contributed by atoms with van der Waals surface area (Å²) >= 11 is 6.10. The maximum atomic E-state index is 13.7. The second-order valence-corrected chi connectivity index (χ2v) is 9.72. The van der Waals surface area contributed by atoms with E-state index in [9.17, 15) is 9.59 Å². The van der Waals surface area contributed by atoms with Gasteiger partial charge in [0.2, 0.25) is 5.91 Å². The lowest BCUT2D eigenvalue weighted by Gasteiger charge is -2.32. The van der Waals surface area contributed by atoms with Gasteiger partial charge in [-0.25, -0.2) is 0 Å². The van der Waals surface area contributed by atoms with Crippen molar-refractivity contribution in [3.63, 3.8) is 0 Å². The van der Waals surface area contributed by atoms with Gasteiger partial charge in [-0.15, -0.1) is 0 Å². The third-order valence-corrected chi connectivity index (χ3v) is 6.91. The van der Waals surface area contributed by atoms with Crippen molar-refractivity contribution in [2.45, 2.75) is 50.7 Å². The molecule has 37 heavy (non-hydrogen) atoms. The Kier molecular flexibility index (Phi) is 9.44. The number of hydrogen-bond donors (Lipinski definition) is 1. The number of nitrogens with zero attached hydrogens (tertiary/aromatic N) is 1. The van der Waals surface area contributed by atoms with E-state index >= 15 is 0 Å². The fourth-order valence-corrected chi connectivity index (χ4v) is 4.79. The van der Waals surface area contributed by atoms with Crippen LogP contribution in [0.15, 0.2) is 78.9 Å². The molecule has 3 aromatic carbocycles. The van der Waals surface area contributed by atoms with E-state index in [0.717, 1.165) is 36.8 Å². The number of nitrogens with one attached hydrogen (secondary N) is 1. The molecule has 1 N–H and O–H groups in total. The molecular weight excluding hydrogens is 488 g/mol. The fourth-order valence-electron chi connectivity index (χ4n) is 4.67. The molecule has 1 aliphatic carbocycles. The molecule has 6 nitrogen and oxygen atoms in total. The van der Waals surface area contributed by atoms with Crippen molar-refractivity contribution < 1.29 is 19.1 Å². The molecule has 1 aliphatic rings. The summed E-state index contributed by atoms with van der Waals surface area (Å²) in [6.45, 7) is 0.0246. The smallest absolute Gasteiger partial charge is 0.261 e. The van der Waals surface area contributed by atoms with Crippen molar-refractivity contribution in [3.05, 3.63) is 95.0 Å². The minimum Gasteiger partial charge on any atom is -0.493 e. The quantitative estimate of drug-likeness (QED) is 0.366. The molecule has 7 heteroatoms. The van der Waals surface area contributed by atoms with Crippen molar-refractivity contribution in [1.29, 1.82) is 0 Å². The number of para-hydroxylation sites is 2. The molecule has 0 aromatic heterocycles. The van der Waals surface area contributed by atoms with Gasteiger partial charge in [0, 0.05) is 24.0 Å². The van der Waals surface area contributed by atoms with E-state index in [-0.39, 0.29) is 31.0 Å². The van der Waals surface area contributed by atoms with Crippen LogP contribution < -0.4 is 14.8 Å². The van der Waals surface area contributed by atoms with Crippen LogP contribution in [0.25, 0.3) is 0 Å². The predicted octanol–water partition coefficient (Wildman–Crippen LogP) is 5.43. The van der Waals surface area contributed by atoms with Gasteiger partial charge in [-0.1, -0.05) is 79.0 Å². The lowest BCUT2D eigenvalue weighted by atomic mass is 10.0. The van der Waals surface area contributed by atoms with Crippen LogP contribution >= 0.6 is 11.6 Å². The molecule has 1 saturated carbocycles. The number of ether oxygens (including phenoxy) is 2. The highest BCUT2D eigenvalue weighted by molar-refractivity contribution is 6.30. The summed E-state index contributed by atoms with van der Waals surface area (Å²) in [4.78, 5) is 29.0. The van der Waals surface area contributed by atoms with E-state index < -0.39 is 6.04 Å². The van der Waals surface area contributed by atoms with Crippen molar-refractivity contribution in [2.24, 2.45) is 0 Å². The molecule has 0 radical (unpaired) electrons. The van der Waals surface area contributed by atoms with E-state index in [2.05, 4.69) is 5.32 Å². The molecule has 194 valence electrons. The van der Waals surface area contributed by atoms with Crippen LogP contribution in [-0.4, -0.2) is 42.5 Å². The molecule has 1 unspecified atom stereocenters. The van der Waals surface area contributed by atoms with Gasteiger partial charge < -0.3 is 19.7 Å². The Morgan fingerprint density at radius 2 is 1.57 bits per heavy atom. The van der Waals surface area contributed by atoms with Crippen LogP contribution in [-0.2, 0) is 22.6 Å². The van der Waals surface area contributed by atoms with Crippen LogP contribution in [0.1, 0.15) is 36.8 Å². The van der Waals surface area contributed by atoms with E-state index in [0.29, 0.717) is 22.9 Å². The molecule has 2 amide bonds. The Hall–Kier alpha value is -3.51. The number of hydrogen-bond acceptors (Lipinski definition) is 4. The number of benzene rings is 3. The molecule has 1 fully saturated rings. The van der Waals surface area contributed by atoms with Crippen LogP contribution in [0.3, 0.4) is 0 Å². The zero-order chi connectivity index (χ0) is 26.0. The average molecular weight is 521 g/mol. The second-order valence-electron chi connectivity index (χ2n) is 9.28. The molecular formula is C30H33ClN2O4. The first-order valence-electron chi connectivity index (χ1n) is 12.7. The topological polar surface area (TPSA) is 67.9 Å². The number of methoxy groups -OCH3 is 1. The number of rotatable bonds is 11. The Morgan fingerprint density at radius 3 is 2.24 bits per heavy atom. The van der Waals surface area contributed by atoms with E-state index in [1.54, 1.807) is 36.3 Å². The van der Waals surface area contributed by atoms with E-state index in [1.807, 2.05) is 54.6 Å². The first kappa shape index (κ1) is 26.6. The third-order valence-electron chi connectivity index (χ3n) is 6.66. The normalized spacial score (nSPS) is 14.1. The summed E-state index contributed by atoms with van der Waals surface area (Å²) in [7, 11) is 1.56. The molecule has 0 spiro atoms. The fraction of sp³-hybridized carbons (Fsp3) is 0.333. The summed E-state index contributed by atoms with van der Waals surface area (Å²) in [6, 6.07) is 23.7. The first-order chi connectivity index (χ1) is 18.0. The average Bonchev–Trinajstić information content (AvgIpc) is 3.44. The number of carbonyl (C=O) groups excluding carboxylic acids is 2. The van der Waals surface area contributed by atoms with Crippen LogP contribution in [0.2, 0.25) is 5.02 Å². The molecule has 0 heterocycles. The van der Waals surface area contributed by atoms with Gasteiger partial charge >= 0.3 is 0 Å². The summed E-state index contributed by atoms with van der Waals surface area (Å²) < 4.78 is 11.2. The van der Waals surface area contributed by atoms with Gasteiger partial charge in [0.25, 0.3) is 5.91 Å². The van der Waals surface area contributed by atoms with Crippen LogP contribution in [0.5, 0.6) is 11.5 Å². The Morgan fingerprint density at radius 1 is 0.919 bits per heavy atom. The molecule has 0 aliphatic heterocycles. The maximum Gasteiger partial charge on any atom is 0.261 e. The first-order valence-corrected chi connectivity index (χ1v) is 13.1. The number of halogens is 1. The van der Waals surface area contributed by atoms with Crippen molar-refractivity contribution in [2.75, 3.05) is 13.7 Å². The molecule has 4 rings (SSSR count). The Bertz CT molecular complexity index is 1160. The standard InChI is InChI=1S/C30H33ClN2O4/c1-36-27-13-7-8-14-28(27)37-21-29(34)33(20-23-15-17-24(31)18-16-23)26(19-22-9-3-2-4-10-22)30(35)32-25-11-5-6-12-25/h2-4,7-10,13-18,25-26H,5-6,11-12,19-21H2,1H3,(H,32,35). The maximum absolute atomic E-state index is 13.7. The van der Waals surface area contributed by atoms with Crippen molar-refractivity contribution in [3.8, 4) is 11.5 Å². The van der Waals surface area contributed by atoms with E-state index in [4.69, 9.17) is 21.1 Å². The summed E-state index contributed by atoms with van der Waals surface area (Å²) in [5.41, 5.74) is 1.86. The molecule has 3 aromatic rings. The number of amides is 2. The highest BCUT2D eigenvalue weighted by Gasteiger charge is 2.32. The van der Waals surface area contributed by atoms with Gasteiger partial charge in [0.15, 0.2) is 18.1 Å². The largest absolute Gasteiger partial charge is 0.493 e. The summed E-state index contributed by atoms with van der Waals surface area (Å²) in [5.74, 6) is 0.581. The van der Waals surface area contributed by atoms with Crippen molar-refractivity contribution in [1.82, 2.24) is 10.2 Å². The van der Waals surface area contributed by atoms with Crippen molar-refractivity contribution >= 4 is 23.4 Å². The monoisotopic (exact) mass is 520 g/mol. The molecule has 1 atom stereocenters. The molecule has 0 saturated heterocycles. The SMILES string of the molecule is COc1ccccc1OCC(=O)N(Cc1ccc(Cl)cc1)C(Cc1ccccc1)C(=O)NC1CCCC1. The minimum absolute atomic E-state index is 0.142. The minimum atomic E-state index is -0.701. The zero-order valence-corrected chi connectivity index (χ0v) is 21.8. The predicted molar refractivity (Wildman–Crippen MR) is 145 cm³/mol. The Balaban J connectivity index is 1.61. The van der Waals surface area contributed by atoms with Gasteiger partial charge in [-0.2, -0.15) is 0 Å². The highest BCUT2D eigenvalue weighted by Crippen LogP contribution is 2.26. The van der Waals surface area contributed by atoms with Gasteiger partial charge in [0.1, 0.15) is 6.04 Å². The number of carbonyl (C=O) groups is 2. The van der Waals surface area contributed by atoms with Crippen LogP contribution in [0, 0.1) is 0 Å². The Labute approximate surface area is 223 Å². The third kappa shape index (κ3) is 7.49. The second kappa shape index (κ2) is 13.2. The highest BCUT2D eigenvalue weighted by atomic mass is 35.5. The lowest BCUT2D eigenvalue weighted by Crippen LogP contribution is -2.53.